The third-order valence-electron chi connectivity index (χ3n) is 1.63. The van der Waals surface area contributed by atoms with Crippen LogP contribution in [0.3, 0.4) is 0 Å². The van der Waals surface area contributed by atoms with Gasteiger partial charge in [0.15, 0.2) is 5.01 Å². The molecule has 6 heteroatoms. The lowest BCUT2D eigenvalue weighted by molar-refractivity contribution is 0.414. The number of hydrogen-bond acceptors (Lipinski definition) is 5. The van der Waals surface area contributed by atoms with E-state index < -0.39 is 0 Å². The molecular formula is C8H7N3O2S. The number of methoxy groups -OCH3 is 1. The summed E-state index contributed by atoms with van der Waals surface area (Å²) in [5.41, 5.74) is 0.582. The normalized spacial score (nSPS) is 10.1. The Hall–Kier alpha value is -1.69. The molecule has 0 atom stereocenters. The van der Waals surface area contributed by atoms with Gasteiger partial charge in [0.2, 0.25) is 0 Å². The van der Waals surface area contributed by atoms with E-state index in [1.165, 1.54) is 0 Å². The molecule has 1 N–H and O–H groups in total. The average Bonchev–Trinajstić information content (AvgIpc) is 2.65. The smallest absolute Gasteiger partial charge is 0.322 e. The summed E-state index contributed by atoms with van der Waals surface area (Å²) < 4.78 is 5.10. The van der Waals surface area contributed by atoms with Gasteiger partial charge in [-0.05, 0) is 12.1 Å². The molecular weight excluding hydrogens is 202 g/mol. The molecule has 2 aromatic rings. The molecule has 72 valence electrons. The van der Waals surface area contributed by atoms with Gasteiger partial charge in [0.1, 0.15) is 11.4 Å². The zero-order chi connectivity index (χ0) is 9.97. The Morgan fingerprint density at radius 3 is 3.07 bits per heavy atom. The van der Waals surface area contributed by atoms with Crippen molar-refractivity contribution in [3.63, 3.8) is 0 Å². The highest BCUT2D eigenvalue weighted by Crippen LogP contribution is 2.26. The summed E-state index contributed by atoms with van der Waals surface area (Å²) in [7, 11) is 1.55. The van der Waals surface area contributed by atoms with Gasteiger partial charge in [0, 0.05) is 6.20 Å². The fourth-order valence-corrected chi connectivity index (χ4v) is 1.66. The summed E-state index contributed by atoms with van der Waals surface area (Å²) in [4.78, 5) is 14.8. The Labute approximate surface area is 83.4 Å². The van der Waals surface area contributed by atoms with E-state index in [0.717, 1.165) is 11.3 Å². The third-order valence-corrected chi connectivity index (χ3v) is 2.39. The highest BCUT2D eigenvalue weighted by molar-refractivity contribution is 7.12. The topological polar surface area (TPSA) is 67.9 Å². The van der Waals surface area contributed by atoms with Gasteiger partial charge < -0.3 is 4.74 Å². The minimum Gasteiger partial charge on any atom is -0.494 e. The summed E-state index contributed by atoms with van der Waals surface area (Å²) in [6.45, 7) is 0. The molecule has 0 bridgehead atoms. The van der Waals surface area contributed by atoms with Gasteiger partial charge >= 0.3 is 4.87 Å². The molecule has 2 heterocycles. The molecule has 2 rings (SSSR count). The molecule has 14 heavy (non-hydrogen) atoms. The van der Waals surface area contributed by atoms with Crippen molar-refractivity contribution in [2.24, 2.45) is 0 Å². The second-order valence-corrected chi connectivity index (χ2v) is 3.43. The molecule has 0 fully saturated rings. The SMILES string of the molecule is COc1cccnc1-c1n[nH]c(=O)s1. The first-order valence-corrected chi connectivity index (χ1v) is 4.68. The number of H-pyrrole nitrogens is 1. The minimum atomic E-state index is -0.201. The van der Waals surface area contributed by atoms with E-state index >= 15 is 0 Å². The number of aromatic nitrogens is 3. The molecule has 0 spiro atoms. The van der Waals surface area contributed by atoms with Gasteiger partial charge in [-0.25, -0.2) is 10.1 Å². The zero-order valence-corrected chi connectivity index (χ0v) is 8.17. The average molecular weight is 209 g/mol. The Morgan fingerprint density at radius 1 is 1.57 bits per heavy atom. The van der Waals surface area contributed by atoms with Gasteiger partial charge in [-0.2, -0.15) is 5.10 Å². The second kappa shape index (κ2) is 3.59. The molecule has 0 saturated carbocycles. The maximum atomic E-state index is 10.9. The lowest BCUT2D eigenvalue weighted by Gasteiger charge is -2.02. The van der Waals surface area contributed by atoms with E-state index in [4.69, 9.17) is 4.74 Å². The Bertz CT molecular complexity index is 491. The third kappa shape index (κ3) is 1.51. The number of rotatable bonds is 2. The van der Waals surface area contributed by atoms with Crippen LogP contribution in [0.25, 0.3) is 10.7 Å². The maximum Gasteiger partial charge on any atom is 0.322 e. The van der Waals surface area contributed by atoms with Crippen LogP contribution in [0.1, 0.15) is 0 Å². The zero-order valence-electron chi connectivity index (χ0n) is 7.35. The molecule has 0 aliphatic rings. The van der Waals surface area contributed by atoms with Crippen LogP contribution in [0.5, 0.6) is 5.75 Å². The van der Waals surface area contributed by atoms with Crippen molar-refractivity contribution in [1.29, 1.82) is 0 Å². The number of ether oxygens (including phenoxy) is 1. The highest BCUT2D eigenvalue weighted by Gasteiger charge is 2.10. The van der Waals surface area contributed by atoms with Crippen molar-refractivity contribution in [2.45, 2.75) is 0 Å². The fourth-order valence-electron chi connectivity index (χ4n) is 1.05. The van der Waals surface area contributed by atoms with Crippen molar-refractivity contribution in [3.8, 4) is 16.5 Å². The predicted molar refractivity (Wildman–Crippen MR) is 52.5 cm³/mol. The van der Waals surface area contributed by atoms with Crippen molar-refractivity contribution in [3.05, 3.63) is 28.0 Å². The van der Waals surface area contributed by atoms with E-state index in [1.54, 1.807) is 25.4 Å². The molecule has 0 radical (unpaired) electrons. The van der Waals surface area contributed by atoms with Gasteiger partial charge in [-0.3, -0.25) is 4.79 Å². The minimum absolute atomic E-state index is 0.201. The predicted octanol–water partition coefficient (Wildman–Crippen LogP) is 0.902. The summed E-state index contributed by atoms with van der Waals surface area (Å²) in [5, 5.41) is 6.70. The largest absolute Gasteiger partial charge is 0.494 e. The molecule has 0 aliphatic carbocycles. The molecule has 5 nitrogen and oxygen atoms in total. The van der Waals surface area contributed by atoms with Crippen LogP contribution in [0.2, 0.25) is 0 Å². The van der Waals surface area contributed by atoms with E-state index in [-0.39, 0.29) is 4.87 Å². The lowest BCUT2D eigenvalue weighted by atomic mass is 10.3. The Morgan fingerprint density at radius 2 is 2.43 bits per heavy atom. The van der Waals surface area contributed by atoms with E-state index in [0.29, 0.717) is 16.5 Å². The monoisotopic (exact) mass is 209 g/mol. The van der Waals surface area contributed by atoms with E-state index in [9.17, 15) is 4.79 Å². The summed E-state index contributed by atoms with van der Waals surface area (Å²) >= 11 is 1.01. The van der Waals surface area contributed by atoms with Crippen molar-refractivity contribution < 1.29 is 4.74 Å². The summed E-state index contributed by atoms with van der Waals surface area (Å²) in [6, 6.07) is 3.53. The van der Waals surface area contributed by atoms with Gasteiger partial charge in [-0.1, -0.05) is 11.3 Å². The molecule has 0 saturated heterocycles. The quantitative estimate of drug-likeness (QED) is 0.798. The van der Waals surface area contributed by atoms with E-state index in [1.807, 2.05) is 0 Å². The molecule has 0 unspecified atom stereocenters. The molecule has 2 aromatic heterocycles. The van der Waals surface area contributed by atoms with Crippen LogP contribution in [0.15, 0.2) is 23.1 Å². The van der Waals surface area contributed by atoms with Gasteiger partial charge in [-0.15, -0.1) is 0 Å². The number of hydrogen-bond donors (Lipinski definition) is 1. The number of aromatic amines is 1. The number of nitrogens with one attached hydrogen (secondary N) is 1. The van der Waals surface area contributed by atoms with E-state index in [2.05, 4.69) is 15.2 Å². The first-order chi connectivity index (χ1) is 6.81. The molecule has 0 amide bonds. The maximum absolute atomic E-state index is 10.9. The van der Waals surface area contributed by atoms with Crippen LogP contribution in [0, 0.1) is 0 Å². The fraction of sp³-hybridized carbons (Fsp3) is 0.125. The van der Waals surface area contributed by atoms with Crippen molar-refractivity contribution in [2.75, 3.05) is 7.11 Å². The second-order valence-electron chi connectivity index (χ2n) is 2.47. The first kappa shape index (κ1) is 8.89. The van der Waals surface area contributed by atoms with Gasteiger partial charge in [0.25, 0.3) is 0 Å². The molecule has 0 aliphatic heterocycles. The standard InChI is InChI=1S/C8H7N3O2S/c1-13-5-3-2-4-9-6(5)7-10-11-8(12)14-7/h2-4H,1H3,(H,11,12). The first-order valence-electron chi connectivity index (χ1n) is 3.86. The van der Waals surface area contributed by atoms with Crippen LogP contribution in [0.4, 0.5) is 0 Å². The number of pyridine rings is 1. The van der Waals surface area contributed by atoms with Gasteiger partial charge in [0.05, 0.1) is 7.11 Å². The van der Waals surface area contributed by atoms with Crippen LogP contribution in [-0.2, 0) is 0 Å². The molecule has 0 aromatic carbocycles. The number of nitrogens with zero attached hydrogens (tertiary/aromatic N) is 2. The highest BCUT2D eigenvalue weighted by atomic mass is 32.1. The van der Waals surface area contributed by atoms with Crippen molar-refractivity contribution >= 4 is 11.3 Å². The Balaban J connectivity index is 2.55. The van der Waals surface area contributed by atoms with Crippen LogP contribution >= 0.6 is 11.3 Å². The lowest BCUT2D eigenvalue weighted by Crippen LogP contribution is -1.91. The van der Waals surface area contributed by atoms with Crippen molar-refractivity contribution in [1.82, 2.24) is 15.2 Å². The van der Waals surface area contributed by atoms with Crippen LogP contribution in [-0.4, -0.2) is 22.3 Å². The summed E-state index contributed by atoms with van der Waals surface area (Å²) in [5.74, 6) is 0.607. The summed E-state index contributed by atoms with van der Waals surface area (Å²) in [6.07, 6.45) is 1.63. The Kier molecular flexibility index (Phi) is 2.28. The van der Waals surface area contributed by atoms with Crippen LogP contribution < -0.4 is 9.61 Å².